The maximum absolute atomic E-state index is 6.23. The third kappa shape index (κ3) is 3.74. The van der Waals surface area contributed by atoms with Gasteiger partial charge in [-0.25, -0.2) is 0 Å². The summed E-state index contributed by atoms with van der Waals surface area (Å²) in [6, 6.07) is 7.87. The van der Waals surface area contributed by atoms with E-state index in [0.29, 0.717) is 10.0 Å². The van der Waals surface area contributed by atoms with E-state index in [0.717, 1.165) is 19.6 Å². The highest BCUT2D eigenvalue weighted by Crippen LogP contribution is 2.38. The topological polar surface area (TPSA) is 12.0 Å². The summed E-state index contributed by atoms with van der Waals surface area (Å²) in [4.78, 5) is 0. The number of rotatable bonds is 4. The number of hydrogen-bond acceptors (Lipinski definition) is 2. The third-order valence-electron chi connectivity index (χ3n) is 2.88. The van der Waals surface area contributed by atoms with Crippen LogP contribution < -0.4 is 5.32 Å². The highest BCUT2D eigenvalue weighted by atomic mass is 79.9. The minimum Gasteiger partial charge on any atom is -0.313 e. The van der Waals surface area contributed by atoms with Gasteiger partial charge in [-0.1, -0.05) is 29.3 Å². The van der Waals surface area contributed by atoms with Crippen LogP contribution in [0.3, 0.4) is 0 Å². The molecule has 0 aliphatic heterocycles. The summed E-state index contributed by atoms with van der Waals surface area (Å²) in [7, 11) is 1.94. The Morgan fingerprint density at radius 2 is 1.89 bits per heavy atom. The number of nitrogens with one attached hydrogen (secondary N) is 1. The fraction of sp³-hybridized carbons (Fsp3) is 0.231. The Balaban J connectivity index is 2.32. The van der Waals surface area contributed by atoms with Crippen molar-refractivity contribution >= 4 is 66.4 Å². The van der Waals surface area contributed by atoms with E-state index in [9.17, 15) is 0 Å². The zero-order valence-electron chi connectivity index (χ0n) is 10.0. The normalized spacial score (nSPS) is 12.7. The van der Waals surface area contributed by atoms with Gasteiger partial charge in [-0.3, -0.25) is 0 Å². The molecule has 0 radical (unpaired) electrons. The molecule has 0 aliphatic carbocycles. The fourth-order valence-electron chi connectivity index (χ4n) is 1.89. The second-order valence-electron chi connectivity index (χ2n) is 4.03. The van der Waals surface area contributed by atoms with Gasteiger partial charge in [-0.2, -0.15) is 0 Å². The predicted molar refractivity (Wildman–Crippen MR) is 91.7 cm³/mol. The van der Waals surface area contributed by atoms with Crippen LogP contribution in [0.2, 0.25) is 10.0 Å². The van der Waals surface area contributed by atoms with Crippen LogP contribution in [0, 0.1) is 0 Å². The molecule has 0 spiro atoms. The van der Waals surface area contributed by atoms with Crippen molar-refractivity contribution in [3.05, 3.63) is 53.0 Å². The van der Waals surface area contributed by atoms with Gasteiger partial charge in [0, 0.05) is 16.1 Å². The van der Waals surface area contributed by atoms with Crippen LogP contribution in [0.5, 0.6) is 0 Å². The molecule has 2 aromatic rings. The first-order chi connectivity index (χ1) is 9.02. The largest absolute Gasteiger partial charge is 0.313 e. The molecule has 19 heavy (non-hydrogen) atoms. The van der Waals surface area contributed by atoms with Crippen molar-refractivity contribution in [3.63, 3.8) is 0 Å². The zero-order chi connectivity index (χ0) is 14.0. The van der Waals surface area contributed by atoms with Gasteiger partial charge in [0.1, 0.15) is 0 Å². The molecule has 1 aromatic carbocycles. The van der Waals surface area contributed by atoms with E-state index in [-0.39, 0.29) is 6.04 Å². The van der Waals surface area contributed by atoms with Gasteiger partial charge in [-0.15, -0.1) is 11.3 Å². The Bertz CT molecular complexity index is 566. The molecule has 1 N–H and O–H groups in total. The Morgan fingerprint density at radius 1 is 1.26 bits per heavy atom. The van der Waals surface area contributed by atoms with E-state index >= 15 is 0 Å². The fourth-order valence-corrected chi connectivity index (χ4v) is 5.42. The molecule has 1 atom stereocenters. The van der Waals surface area contributed by atoms with E-state index in [4.69, 9.17) is 23.2 Å². The molecule has 6 heteroatoms. The zero-order valence-corrected chi connectivity index (χ0v) is 15.5. The van der Waals surface area contributed by atoms with Gasteiger partial charge < -0.3 is 5.32 Å². The standard InChI is InChI=1S/C13H11Br2Cl2NS/c1-18-11(8-6-12(14)19-13(8)15)5-7-9(16)3-2-4-10(7)17/h2-4,6,11,18H,5H2,1H3. The van der Waals surface area contributed by atoms with Crippen LogP contribution in [0.4, 0.5) is 0 Å². The van der Waals surface area contributed by atoms with Crippen LogP contribution in [-0.4, -0.2) is 7.05 Å². The average molecular weight is 444 g/mol. The first-order valence-corrected chi connectivity index (χ1v) is 8.73. The first-order valence-electron chi connectivity index (χ1n) is 5.57. The lowest BCUT2D eigenvalue weighted by Crippen LogP contribution is -2.19. The van der Waals surface area contributed by atoms with E-state index in [1.165, 1.54) is 5.56 Å². The molecule has 0 amide bonds. The van der Waals surface area contributed by atoms with E-state index < -0.39 is 0 Å². The van der Waals surface area contributed by atoms with Gasteiger partial charge in [0.25, 0.3) is 0 Å². The smallest absolute Gasteiger partial charge is 0.0758 e. The monoisotopic (exact) mass is 441 g/mol. The van der Waals surface area contributed by atoms with Crippen molar-refractivity contribution in [2.24, 2.45) is 0 Å². The van der Waals surface area contributed by atoms with Crippen LogP contribution in [0.15, 0.2) is 31.8 Å². The van der Waals surface area contributed by atoms with E-state index in [1.54, 1.807) is 11.3 Å². The highest BCUT2D eigenvalue weighted by Gasteiger charge is 2.18. The van der Waals surface area contributed by atoms with Crippen molar-refractivity contribution in [1.29, 1.82) is 0 Å². The van der Waals surface area contributed by atoms with Crippen LogP contribution in [0.1, 0.15) is 17.2 Å². The second-order valence-corrected chi connectivity index (χ2v) is 8.59. The Kier molecular flexibility index (Phi) is 5.76. The summed E-state index contributed by atoms with van der Waals surface area (Å²) in [5.41, 5.74) is 2.18. The lowest BCUT2D eigenvalue weighted by molar-refractivity contribution is 0.592. The Hall–Kier alpha value is 0.420. The molecule has 0 bridgehead atoms. The summed E-state index contributed by atoms with van der Waals surface area (Å²) in [6.45, 7) is 0. The van der Waals surface area contributed by atoms with Crippen molar-refractivity contribution in [3.8, 4) is 0 Å². The molecule has 0 saturated heterocycles. The average Bonchev–Trinajstić information content (AvgIpc) is 2.68. The maximum atomic E-state index is 6.23. The predicted octanol–water partition coefficient (Wildman–Crippen LogP) is 6.08. The molecule has 1 nitrogen and oxygen atoms in total. The van der Waals surface area contributed by atoms with Crippen molar-refractivity contribution in [1.82, 2.24) is 5.32 Å². The molecular weight excluding hydrogens is 433 g/mol. The van der Waals surface area contributed by atoms with Crippen molar-refractivity contribution in [2.75, 3.05) is 7.05 Å². The molecule has 1 unspecified atom stereocenters. The summed E-state index contributed by atoms with van der Waals surface area (Å²) in [6.07, 6.45) is 0.747. The number of thiophene rings is 1. The Labute approximate surface area is 143 Å². The summed E-state index contributed by atoms with van der Waals surface area (Å²) >= 11 is 21.2. The molecule has 102 valence electrons. The molecule has 1 aromatic heterocycles. The number of halogens is 4. The van der Waals surface area contributed by atoms with Gasteiger partial charge in [0.05, 0.1) is 7.57 Å². The molecule has 2 rings (SSSR count). The second kappa shape index (κ2) is 6.92. The van der Waals surface area contributed by atoms with E-state index in [1.807, 2.05) is 25.2 Å². The van der Waals surface area contributed by atoms with Crippen molar-refractivity contribution in [2.45, 2.75) is 12.5 Å². The SMILES string of the molecule is CNC(Cc1c(Cl)cccc1Cl)c1cc(Br)sc1Br. The molecule has 1 heterocycles. The van der Waals surface area contributed by atoms with Gasteiger partial charge in [0.2, 0.25) is 0 Å². The van der Waals surface area contributed by atoms with Gasteiger partial charge >= 0.3 is 0 Å². The quantitative estimate of drug-likeness (QED) is 0.603. The van der Waals surface area contributed by atoms with E-state index in [2.05, 4.69) is 43.2 Å². The Morgan fingerprint density at radius 3 is 2.37 bits per heavy atom. The third-order valence-corrected chi connectivity index (χ3v) is 5.97. The number of hydrogen-bond donors (Lipinski definition) is 1. The number of benzene rings is 1. The summed E-state index contributed by atoms with van der Waals surface area (Å²) < 4.78 is 2.21. The number of likely N-dealkylation sites (N-methyl/N-ethyl adjacent to an activating group) is 1. The first kappa shape index (κ1) is 15.8. The molecular formula is C13H11Br2Cl2NS. The minimum absolute atomic E-state index is 0.161. The van der Waals surface area contributed by atoms with Gasteiger partial charge in [0.15, 0.2) is 0 Å². The molecule has 0 saturated carbocycles. The lowest BCUT2D eigenvalue weighted by Gasteiger charge is -2.17. The lowest BCUT2D eigenvalue weighted by atomic mass is 10.0. The minimum atomic E-state index is 0.161. The van der Waals surface area contributed by atoms with Crippen LogP contribution in [-0.2, 0) is 6.42 Å². The van der Waals surface area contributed by atoms with Crippen LogP contribution in [0.25, 0.3) is 0 Å². The highest BCUT2D eigenvalue weighted by molar-refractivity contribution is 9.12. The summed E-state index contributed by atoms with van der Waals surface area (Å²) in [5, 5.41) is 4.73. The van der Waals surface area contributed by atoms with Gasteiger partial charge in [-0.05, 0) is 74.7 Å². The molecule has 0 aliphatic rings. The van der Waals surface area contributed by atoms with Crippen LogP contribution >= 0.6 is 66.4 Å². The van der Waals surface area contributed by atoms with Crippen molar-refractivity contribution < 1.29 is 0 Å². The summed E-state index contributed by atoms with van der Waals surface area (Å²) in [5.74, 6) is 0. The molecule has 0 fully saturated rings. The maximum Gasteiger partial charge on any atom is 0.0758 e.